The number of benzene rings is 9. The lowest BCUT2D eigenvalue weighted by Crippen LogP contribution is -1.94. The Morgan fingerprint density at radius 3 is 1.14 bits per heavy atom. The van der Waals surface area contributed by atoms with Crippen LogP contribution >= 0.6 is 0 Å². The van der Waals surface area contributed by atoms with Crippen molar-refractivity contribution >= 4 is 43.6 Å². The summed E-state index contributed by atoms with van der Waals surface area (Å²) in [5, 5.41) is 5.00. The molecule has 2 heteroatoms. The Morgan fingerprint density at radius 2 is 0.625 bits per heavy atom. The summed E-state index contributed by atoms with van der Waals surface area (Å²) in [5.74, 6) is 0. The van der Waals surface area contributed by atoms with Gasteiger partial charge in [0.25, 0.3) is 0 Å². The standard InChI is InChI=1S/C54H36N2/c1-5-16-37(17-6-1)40-22-13-25-44(34-40)56-50-33-31-42(36-48(50)54-46(27-15-29-52(54)56)39-20-9-3-10-21-39)41-30-32-49-47(35-41)53-45(38-18-7-2-8-19-38)26-14-28-51(53)55(49)43-23-11-4-12-24-43/h1-36H. The monoisotopic (exact) mass is 712 g/mol. The molecule has 0 aliphatic heterocycles. The number of para-hydroxylation sites is 1. The minimum Gasteiger partial charge on any atom is -0.309 e. The van der Waals surface area contributed by atoms with Gasteiger partial charge in [0, 0.05) is 32.9 Å². The number of nitrogens with zero attached hydrogens (tertiary/aromatic N) is 2. The van der Waals surface area contributed by atoms with Crippen molar-refractivity contribution in [2.45, 2.75) is 0 Å². The first-order chi connectivity index (χ1) is 27.8. The molecule has 0 bridgehead atoms. The minimum atomic E-state index is 1.15. The summed E-state index contributed by atoms with van der Waals surface area (Å²) in [6.45, 7) is 0. The third-order valence-corrected chi connectivity index (χ3v) is 11.3. The van der Waals surface area contributed by atoms with E-state index < -0.39 is 0 Å². The Bertz CT molecular complexity index is 3210. The van der Waals surface area contributed by atoms with E-state index in [2.05, 4.69) is 228 Å². The van der Waals surface area contributed by atoms with E-state index in [0.29, 0.717) is 0 Å². The predicted molar refractivity (Wildman–Crippen MR) is 237 cm³/mol. The van der Waals surface area contributed by atoms with Crippen LogP contribution in [0, 0.1) is 0 Å². The summed E-state index contributed by atoms with van der Waals surface area (Å²) in [6, 6.07) is 79.4. The number of hydrogen-bond donors (Lipinski definition) is 0. The molecule has 11 rings (SSSR count). The van der Waals surface area contributed by atoms with Crippen molar-refractivity contribution in [1.29, 1.82) is 0 Å². The molecule has 9 aromatic carbocycles. The van der Waals surface area contributed by atoms with Crippen LogP contribution in [0.15, 0.2) is 218 Å². The van der Waals surface area contributed by atoms with Crippen LogP contribution in [0.1, 0.15) is 0 Å². The van der Waals surface area contributed by atoms with E-state index in [4.69, 9.17) is 0 Å². The van der Waals surface area contributed by atoms with Crippen LogP contribution in [0.25, 0.3) is 99.5 Å². The summed E-state index contributed by atoms with van der Waals surface area (Å²) in [6.07, 6.45) is 0. The van der Waals surface area contributed by atoms with Crippen LogP contribution in [0.4, 0.5) is 0 Å². The van der Waals surface area contributed by atoms with Crippen molar-refractivity contribution in [3.05, 3.63) is 218 Å². The second-order valence-electron chi connectivity index (χ2n) is 14.5. The van der Waals surface area contributed by atoms with Crippen LogP contribution in [-0.4, -0.2) is 9.13 Å². The molecular weight excluding hydrogens is 677 g/mol. The Kier molecular flexibility index (Phi) is 7.53. The second-order valence-corrected chi connectivity index (χ2v) is 14.5. The van der Waals surface area contributed by atoms with Gasteiger partial charge in [-0.15, -0.1) is 0 Å². The number of rotatable bonds is 6. The van der Waals surface area contributed by atoms with Gasteiger partial charge in [-0.05, 0) is 105 Å². The zero-order valence-electron chi connectivity index (χ0n) is 30.7. The van der Waals surface area contributed by atoms with Crippen LogP contribution in [0.5, 0.6) is 0 Å². The molecule has 0 saturated heterocycles. The normalized spacial score (nSPS) is 11.6. The van der Waals surface area contributed by atoms with Gasteiger partial charge in [-0.3, -0.25) is 0 Å². The molecule has 0 N–H and O–H groups in total. The summed E-state index contributed by atoms with van der Waals surface area (Å²) < 4.78 is 4.85. The molecule has 262 valence electrons. The Hall–Kier alpha value is -7.42. The summed E-state index contributed by atoms with van der Waals surface area (Å²) in [5.41, 5.74) is 16.8. The zero-order valence-corrected chi connectivity index (χ0v) is 30.7. The molecule has 2 nitrogen and oxygen atoms in total. The van der Waals surface area contributed by atoms with Gasteiger partial charge in [0.2, 0.25) is 0 Å². The fraction of sp³-hybridized carbons (Fsp3) is 0. The van der Waals surface area contributed by atoms with Gasteiger partial charge in [0.05, 0.1) is 22.1 Å². The fourth-order valence-corrected chi connectivity index (χ4v) is 8.81. The van der Waals surface area contributed by atoms with Crippen molar-refractivity contribution in [3.63, 3.8) is 0 Å². The number of fused-ring (bicyclic) bond motifs is 6. The maximum absolute atomic E-state index is 2.44. The fourth-order valence-electron chi connectivity index (χ4n) is 8.81. The minimum absolute atomic E-state index is 1.15. The first-order valence-electron chi connectivity index (χ1n) is 19.3. The van der Waals surface area contributed by atoms with Gasteiger partial charge >= 0.3 is 0 Å². The van der Waals surface area contributed by atoms with Crippen LogP contribution in [0.2, 0.25) is 0 Å². The third kappa shape index (κ3) is 5.19. The summed E-state index contributed by atoms with van der Waals surface area (Å²) in [4.78, 5) is 0. The highest BCUT2D eigenvalue weighted by Gasteiger charge is 2.20. The molecule has 0 spiro atoms. The van der Waals surface area contributed by atoms with Gasteiger partial charge in [0.1, 0.15) is 0 Å². The van der Waals surface area contributed by atoms with E-state index in [1.807, 2.05) is 0 Å². The van der Waals surface area contributed by atoms with Crippen LogP contribution in [-0.2, 0) is 0 Å². The molecule has 2 aromatic heterocycles. The van der Waals surface area contributed by atoms with Crippen LogP contribution < -0.4 is 0 Å². The highest BCUT2D eigenvalue weighted by Crippen LogP contribution is 2.43. The van der Waals surface area contributed by atoms with E-state index in [-0.39, 0.29) is 0 Å². The molecule has 0 aliphatic carbocycles. The number of hydrogen-bond acceptors (Lipinski definition) is 0. The van der Waals surface area contributed by atoms with E-state index >= 15 is 0 Å². The average molecular weight is 713 g/mol. The Balaban J connectivity index is 1.17. The molecule has 0 fully saturated rings. The lowest BCUT2D eigenvalue weighted by molar-refractivity contribution is 1.18. The SMILES string of the molecule is c1ccc(-c2cccc(-n3c4ccc(-c5ccc6c(c5)c5c(-c7ccccc7)cccc5n6-c5ccccc5)cc4c4c(-c5ccccc5)cccc43)c2)cc1. The Labute approximate surface area is 325 Å². The molecule has 2 heterocycles. The van der Waals surface area contributed by atoms with E-state index in [1.165, 1.54) is 88.1 Å². The summed E-state index contributed by atoms with van der Waals surface area (Å²) >= 11 is 0. The number of aromatic nitrogens is 2. The summed E-state index contributed by atoms with van der Waals surface area (Å²) in [7, 11) is 0. The molecule has 0 radical (unpaired) electrons. The third-order valence-electron chi connectivity index (χ3n) is 11.3. The van der Waals surface area contributed by atoms with Gasteiger partial charge in [0.15, 0.2) is 0 Å². The molecule has 0 unspecified atom stereocenters. The van der Waals surface area contributed by atoms with Gasteiger partial charge in [-0.1, -0.05) is 158 Å². The molecular formula is C54H36N2. The van der Waals surface area contributed by atoms with Crippen molar-refractivity contribution in [2.24, 2.45) is 0 Å². The van der Waals surface area contributed by atoms with Crippen molar-refractivity contribution in [3.8, 4) is 55.9 Å². The van der Waals surface area contributed by atoms with Crippen molar-refractivity contribution < 1.29 is 0 Å². The lowest BCUT2D eigenvalue weighted by Gasteiger charge is -2.11. The highest BCUT2D eigenvalue weighted by atomic mass is 15.0. The average Bonchev–Trinajstić information content (AvgIpc) is 3.80. The van der Waals surface area contributed by atoms with Gasteiger partial charge < -0.3 is 9.13 Å². The van der Waals surface area contributed by atoms with E-state index in [0.717, 1.165) is 11.4 Å². The highest BCUT2D eigenvalue weighted by molar-refractivity contribution is 6.18. The van der Waals surface area contributed by atoms with E-state index in [9.17, 15) is 0 Å². The topological polar surface area (TPSA) is 9.86 Å². The maximum Gasteiger partial charge on any atom is 0.0547 e. The first-order valence-corrected chi connectivity index (χ1v) is 19.3. The molecule has 56 heavy (non-hydrogen) atoms. The molecule has 0 saturated carbocycles. The molecule has 0 amide bonds. The largest absolute Gasteiger partial charge is 0.309 e. The quantitative estimate of drug-likeness (QED) is 0.162. The van der Waals surface area contributed by atoms with Gasteiger partial charge in [-0.2, -0.15) is 0 Å². The van der Waals surface area contributed by atoms with E-state index in [1.54, 1.807) is 0 Å². The predicted octanol–water partition coefficient (Wildman–Crippen LogP) is 14.5. The smallest absolute Gasteiger partial charge is 0.0547 e. The lowest BCUT2D eigenvalue weighted by atomic mass is 9.96. The maximum atomic E-state index is 2.44. The molecule has 11 aromatic rings. The van der Waals surface area contributed by atoms with Gasteiger partial charge in [-0.25, -0.2) is 0 Å². The molecule has 0 aliphatic rings. The van der Waals surface area contributed by atoms with Crippen LogP contribution in [0.3, 0.4) is 0 Å². The van der Waals surface area contributed by atoms with Crippen molar-refractivity contribution in [1.82, 2.24) is 9.13 Å². The zero-order chi connectivity index (χ0) is 37.0. The van der Waals surface area contributed by atoms with Crippen molar-refractivity contribution in [2.75, 3.05) is 0 Å². The second kappa shape index (κ2) is 13.2. The first kappa shape index (κ1) is 32.0. The molecule has 0 atom stereocenters. The Morgan fingerprint density at radius 1 is 0.232 bits per heavy atom.